The first-order valence-corrected chi connectivity index (χ1v) is 8.46. The largest absolute Gasteiger partial charge is 0.405 e. The van der Waals surface area contributed by atoms with Crippen LogP contribution in [0, 0.1) is 0 Å². The van der Waals surface area contributed by atoms with E-state index in [4.69, 9.17) is 9.15 Å². The van der Waals surface area contributed by atoms with Gasteiger partial charge in [0.1, 0.15) is 24.4 Å². The summed E-state index contributed by atoms with van der Waals surface area (Å²) in [6.45, 7) is -0.530. The van der Waals surface area contributed by atoms with E-state index in [9.17, 15) is 20.4 Å². The van der Waals surface area contributed by atoms with E-state index in [1.807, 2.05) is 42.5 Å². The van der Waals surface area contributed by atoms with Gasteiger partial charge in [0.05, 0.1) is 6.61 Å². The van der Waals surface area contributed by atoms with E-state index in [-0.39, 0.29) is 11.9 Å². The molecule has 0 unspecified atom stereocenters. The van der Waals surface area contributed by atoms with Crippen molar-refractivity contribution in [2.75, 3.05) is 11.9 Å². The number of hydrogen-bond donors (Lipinski definition) is 5. The normalized spacial score (nSPS) is 28.4. The fourth-order valence-corrected chi connectivity index (χ4v) is 3.10. The van der Waals surface area contributed by atoms with Crippen LogP contribution in [0.2, 0.25) is 0 Å². The summed E-state index contributed by atoms with van der Waals surface area (Å²) in [6.07, 6.45) is -6.64. The van der Waals surface area contributed by atoms with E-state index in [1.54, 1.807) is 0 Å². The fourth-order valence-electron chi connectivity index (χ4n) is 3.10. The molecule has 0 bridgehead atoms. The zero-order chi connectivity index (χ0) is 19.0. The lowest BCUT2D eigenvalue weighted by atomic mass is 9.95. The molecule has 1 aromatic heterocycles. The molecule has 1 fully saturated rings. The molecule has 1 aliphatic heterocycles. The Hall–Kier alpha value is -2.56. The Morgan fingerprint density at radius 3 is 2.48 bits per heavy atom. The molecule has 4 rings (SSSR count). The first kappa shape index (κ1) is 17.8. The molecule has 2 heterocycles. The SMILES string of the molecule is OC[C@H]1O[C@@H](c2nnc(Nc3ccc4ccccc4c3)o2)[C@H](O)[C@@H](O)[C@@H]1O. The summed E-state index contributed by atoms with van der Waals surface area (Å²) in [7, 11) is 0. The average molecular weight is 373 g/mol. The van der Waals surface area contributed by atoms with Crippen LogP contribution in [0.3, 0.4) is 0 Å². The molecule has 0 saturated carbocycles. The fraction of sp³-hybridized carbons (Fsp3) is 0.333. The minimum Gasteiger partial charge on any atom is -0.405 e. The van der Waals surface area contributed by atoms with Crippen LogP contribution < -0.4 is 5.32 Å². The lowest BCUT2D eigenvalue weighted by Crippen LogP contribution is -2.55. The van der Waals surface area contributed by atoms with Crippen molar-refractivity contribution >= 4 is 22.5 Å². The van der Waals surface area contributed by atoms with Crippen LogP contribution in [-0.4, -0.2) is 61.6 Å². The maximum absolute atomic E-state index is 10.1. The van der Waals surface area contributed by atoms with E-state index >= 15 is 0 Å². The molecule has 0 amide bonds. The Morgan fingerprint density at radius 2 is 1.70 bits per heavy atom. The number of hydrogen-bond acceptors (Lipinski definition) is 9. The average Bonchev–Trinajstić information content (AvgIpc) is 3.14. The predicted octanol–water partition coefficient (Wildman–Crippen LogP) is 0.481. The quantitative estimate of drug-likeness (QED) is 0.441. The lowest BCUT2D eigenvalue weighted by Gasteiger charge is -2.38. The van der Waals surface area contributed by atoms with Gasteiger partial charge in [0.15, 0.2) is 6.10 Å². The Balaban J connectivity index is 1.53. The molecular weight excluding hydrogens is 354 g/mol. The van der Waals surface area contributed by atoms with Crippen LogP contribution in [0.4, 0.5) is 11.7 Å². The molecule has 2 aromatic carbocycles. The third-order valence-electron chi connectivity index (χ3n) is 4.58. The Bertz CT molecular complexity index is 930. The topological polar surface area (TPSA) is 141 Å². The second-order valence-corrected chi connectivity index (χ2v) is 6.38. The lowest BCUT2D eigenvalue weighted by molar-refractivity contribution is -0.236. The monoisotopic (exact) mass is 373 g/mol. The highest BCUT2D eigenvalue weighted by Gasteiger charge is 2.46. The smallest absolute Gasteiger partial charge is 0.320 e. The zero-order valence-corrected chi connectivity index (χ0v) is 14.1. The second-order valence-electron chi connectivity index (χ2n) is 6.38. The summed E-state index contributed by atoms with van der Waals surface area (Å²) >= 11 is 0. The number of benzene rings is 2. The van der Waals surface area contributed by atoms with Crippen molar-refractivity contribution in [1.82, 2.24) is 10.2 Å². The van der Waals surface area contributed by atoms with Crippen molar-refractivity contribution in [3.8, 4) is 0 Å². The van der Waals surface area contributed by atoms with Crippen LogP contribution in [-0.2, 0) is 4.74 Å². The maximum Gasteiger partial charge on any atom is 0.320 e. The van der Waals surface area contributed by atoms with Crippen LogP contribution in [0.1, 0.15) is 12.0 Å². The molecule has 9 heteroatoms. The van der Waals surface area contributed by atoms with E-state index in [0.29, 0.717) is 0 Å². The molecule has 9 nitrogen and oxygen atoms in total. The molecule has 142 valence electrons. The van der Waals surface area contributed by atoms with Crippen LogP contribution in [0.15, 0.2) is 46.9 Å². The first-order valence-electron chi connectivity index (χ1n) is 8.46. The van der Waals surface area contributed by atoms with Crippen LogP contribution in [0.5, 0.6) is 0 Å². The highest BCUT2D eigenvalue weighted by atomic mass is 16.6. The van der Waals surface area contributed by atoms with E-state index < -0.39 is 37.1 Å². The zero-order valence-electron chi connectivity index (χ0n) is 14.1. The minimum atomic E-state index is -1.51. The van der Waals surface area contributed by atoms with Gasteiger partial charge in [0.25, 0.3) is 0 Å². The number of aliphatic hydroxyl groups is 4. The van der Waals surface area contributed by atoms with Crippen LogP contribution in [0.25, 0.3) is 10.8 Å². The Kier molecular flexibility index (Phi) is 4.77. The third-order valence-corrected chi connectivity index (χ3v) is 4.58. The highest BCUT2D eigenvalue weighted by molar-refractivity contribution is 5.86. The van der Waals surface area contributed by atoms with Gasteiger partial charge in [-0.1, -0.05) is 35.4 Å². The third kappa shape index (κ3) is 3.38. The molecule has 3 aromatic rings. The predicted molar refractivity (Wildman–Crippen MR) is 94.2 cm³/mol. The molecule has 27 heavy (non-hydrogen) atoms. The van der Waals surface area contributed by atoms with Gasteiger partial charge in [0.2, 0.25) is 5.89 Å². The summed E-state index contributed by atoms with van der Waals surface area (Å²) in [5.74, 6) is -0.0739. The summed E-state index contributed by atoms with van der Waals surface area (Å²) in [5.41, 5.74) is 0.734. The van der Waals surface area contributed by atoms with Crippen molar-refractivity contribution in [2.24, 2.45) is 0 Å². The van der Waals surface area contributed by atoms with Crippen molar-refractivity contribution < 1.29 is 29.6 Å². The number of aromatic nitrogens is 2. The number of nitrogens with one attached hydrogen (secondary N) is 1. The van der Waals surface area contributed by atoms with E-state index in [1.165, 1.54) is 0 Å². The van der Waals surface area contributed by atoms with Crippen molar-refractivity contribution in [2.45, 2.75) is 30.5 Å². The molecule has 0 spiro atoms. The summed E-state index contributed by atoms with van der Waals surface area (Å²) in [5, 5.41) is 51.9. The van der Waals surface area contributed by atoms with Gasteiger partial charge in [-0.25, -0.2) is 0 Å². The van der Waals surface area contributed by atoms with Gasteiger partial charge in [0, 0.05) is 5.69 Å². The van der Waals surface area contributed by atoms with Crippen molar-refractivity contribution in [3.63, 3.8) is 0 Å². The van der Waals surface area contributed by atoms with E-state index in [0.717, 1.165) is 16.5 Å². The summed E-state index contributed by atoms with van der Waals surface area (Å²) in [4.78, 5) is 0. The Morgan fingerprint density at radius 1 is 0.926 bits per heavy atom. The summed E-state index contributed by atoms with van der Waals surface area (Å²) < 4.78 is 10.9. The van der Waals surface area contributed by atoms with Crippen molar-refractivity contribution in [1.29, 1.82) is 0 Å². The second kappa shape index (κ2) is 7.22. The molecule has 0 radical (unpaired) electrons. The molecule has 1 aliphatic rings. The number of anilines is 2. The Labute approximate surface area is 153 Å². The molecule has 5 N–H and O–H groups in total. The number of nitrogens with zero attached hydrogens (tertiary/aromatic N) is 2. The highest BCUT2D eigenvalue weighted by Crippen LogP contribution is 2.32. The molecule has 5 atom stereocenters. The molecule has 0 aliphatic carbocycles. The van der Waals surface area contributed by atoms with E-state index in [2.05, 4.69) is 15.5 Å². The van der Waals surface area contributed by atoms with Gasteiger partial charge in [-0.2, -0.15) is 0 Å². The van der Waals surface area contributed by atoms with Crippen molar-refractivity contribution in [3.05, 3.63) is 48.4 Å². The number of ether oxygens (including phenoxy) is 1. The maximum atomic E-state index is 10.1. The van der Waals surface area contributed by atoms with Gasteiger partial charge in [-0.3, -0.25) is 0 Å². The van der Waals surface area contributed by atoms with Gasteiger partial charge in [-0.15, -0.1) is 5.10 Å². The number of rotatable bonds is 4. The van der Waals surface area contributed by atoms with Gasteiger partial charge >= 0.3 is 6.01 Å². The number of aliphatic hydroxyl groups excluding tert-OH is 4. The minimum absolute atomic E-state index is 0.0739. The van der Waals surface area contributed by atoms with Gasteiger partial charge < -0.3 is 34.9 Å². The first-order chi connectivity index (χ1) is 13.1. The number of fused-ring (bicyclic) bond motifs is 1. The molecule has 1 saturated heterocycles. The molecular formula is C18H19N3O6. The standard InChI is InChI=1S/C18H19N3O6/c22-8-12-13(23)14(24)15(25)16(26-12)17-20-21-18(27-17)19-11-6-5-9-3-1-2-4-10(9)7-11/h1-7,12-16,22-25H,8H2,(H,19,21)/t12-,13-,14+,15-,16-/m1/s1. The van der Waals surface area contributed by atoms with Gasteiger partial charge in [-0.05, 0) is 22.9 Å². The van der Waals surface area contributed by atoms with Crippen LogP contribution >= 0.6 is 0 Å². The summed E-state index contributed by atoms with van der Waals surface area (Å²) in [6, 6.07) is 13.7.